The van der Waals surface area contributed by atoms with Gasteiger partial charge in [0.25, 0.3) is 5.56 Å². The fraction of sp³-hybridized carbons (Fsp3) is 0.150. The zero-order chi connectivity index (χ0) is 18.3. The molecule has 0 saturated carbocycles. The van der Waals surface area contributed by atoms with Gasteiger partial charge >= 0.3 is 0 Å². The number of carbonyl (C=O) groups excluding carboxylic acids is 1. The van der Waals surface area contributed by atoms with E-state index in [1.807, 2.05) is 56.3 Å². The average Bonchev–Trinajstić information content (AvgIpc) is 3.21. The normalized spacial score (nSPS) is 11.2. The van der Waals surface area contributed by atoms with Crippen LogP contribution in [0.5, 0.6) is 0 Å². The van der Waals surface area contributed by atoms with E-state index in [1.165, 1.54) is 22.2 Å². The molecule has 4 rings (SSSR count). The molecule has 0 aliphatic rings. The molecule has 0 fully saturated rings. The maximum absolute atomic E-state index is 12.8. The number of nitrogens with zero attached hydrogens (tertiary/aromatic N) is 2. The maximum atomic E-state index is 12.8. The average molecular weight is 380 g/mol. The Morgan fingerprint density at radius 3 is 2.58 bits per heavy atom. The molecule has 0 saturated heterocycles. The van der Waals surface area contributed by atoms with Gasteiger partial charge in [0.1, 0.15) is 4.83 Å². The van der Waals surface area contributed by atoms with Crippen molar-refractivity contribution < 1.29 is 4.79 Å². The molecule has 26 heavy (non-hydrogen) atoms. The number of aryl methyl sites for hydroxylation is 2. The second kappa shape index (κ2) is 6.63. The fourth-order valence-corrected chi connectivity index (χ4v) is 4.90. The molecule has 0 radical (unpaired) electrons. The van der Waals surface area contributed by atoms with Crippen LogP contribution in [0, 0.1) is 13.8 Å². The minimum atomic E-state index is -0.175. The Morgan fingerprint density at radius 2 is 1.88 bits per heavy atom. The van der Waals surface area contributed by atoms with Gasteiger partial charge in [-0.1, -0.05) is 30.3 Å². The lowest BCUT2D eigenvalue weighted by molar-refractivity contribution is 0.0970. The zero-order valence-electron chi connectivity index (χ0n) is 14.4. The highest BCUT2D eigenvalue weighted by Gasteiger charge is 2.15. The van der Waals surface area contributed by atoms with E-state index >= 15 is 0 Å². The third kappa shape index (κ3) is 3.02. The van der Waals surface area contributed by atoms with Crippen molar-refractivity contribution in [3.8, 4) is 10.4 Å². The molecule has 0 aliphatic heterocycles. The Morgan fingerprint density at radius 1 is 1.12 bits per heavy atom. The predicted molar refractivity (Wildman–Crippen MR) is 107 cm³/mol. The highest BCUT2D eigenvalue weighted by Crippen LogP contribution is 2.30. The van der Waals surface area contributed by atoms with Crippen molar-refractivity contribution in [3.05, 3.63) is 74.5 Å². The van der Waals surface area contributed by atoms with Crippen molar-refractivity contribution in [2.45, 2.75) is 20.4 Å². The number of carbonyl (C=O) groups is 1. The molecule has 0 aliphatic carbocycles. The molecule has 4 nitrogen and oxygen atoms in total. The second-order valence-electron chi connectivity index (χ2n) is 6.12. The van der Waals surface area contributed by atoms with Crippen molar-refractivity contribution in [3.63, 3.8) is 0 Å². The van der Waals surface area contributed by atoms with E-state index in [2.05, 4.69) is 4.98 Å². The molecule has 0 unspecified atom stereocenters. The summed E-state index contributed by atoms with van der Waals surface area (Å²) in [6.45, 7) is 3.92. The van der Waals surface area contributed by atoms with Gasteiger partial charge in [-0.3, -0.25) is 14.2 Å². The van der Waals surface area contributed by atoms with Gasteiger partial charge in [-0.05, 0) is 31.5 Å². The minimum absolute atomic E-state index is 0.00923. The number of rotatable bonds is 4. The highest BCUT2D eigenvalue weighted by atomic mass is 32.1. The highest BCUT2D eigenvalue weighted by molar-refractivity contribution is 7.21. The van der Waals surface area contributed by atoms with Crippen LogP contribution >= 0.6 is 22.7 Å². The number of Topliss-reactive ketones (excluding diaryl/α,β-unsaturated/α-hetero) is 1. The number of benzene rings is 1. The van der Waals surface area contributed by atoms with Crippen molar-refractivity contribution >= 4 is 38.7 Å². The Hall–Kier alpha value is -2.57. The number of hydrogen-bond acceptors (Lipinski definition) is 5. The van der Waals surface area contributed by atoms with Crippen molar-refractivity contribution in [1.29, 1.82) is 0 Å². The molecule has 0 atom stereocenters. The van der Waals surface area contributed by atoms with Gasteiger partial charge in [-0.2, -0.15) is 0 Å². The summed E-state index contributed by atoms with van der Waals surface area (Å²) >= 11 is 3.08. The summed E-state index contributed by atoms with van der Waals surface area (Å²) < 4.78 is 1.40. The monoisotopic (exact) mass is 380 g/mol. The van der Waals surface area contributed by atoms with Crippen LogP contribution in [-0.4, -0.2) is 15.3 Å². The number of thiophene rings is 2. The van der Waals surface area contributed by atoms with E-state index < -0.39 is 0 Å². The summed E-state index contributed by atoms with van der Waals surface area (Å²) in [5, 5.41) is 0.558. The lowest BCUT2D eigenvalue weighted by Crippen LogP contribution is -2.24. The molecular weight excluding hydrogens is 364 g/mol. The standard InChI is InChI=1S/C20H16N2O2S2/c1-12-8-15(13(2)25-12)17(23)10-22-11-21-19-16(20(22)24)9-18(26-19)14-6-4-3-5-7-14/h3-9,11H,10H2,1-2H3. The van der Waals surface area contributed by atoms with Gasteiger partial charge in [0.05, 0.1) is 18.3 Å². The van der Waals surface area contributed by atoms with E-state index in [9.17, 15) is 9.59 Å². The quantitative estimate of drug-likeness (QED) is 0.483. The van der Waals surface area contributed by atoms with Crippen LogP contribution in [0.1, 0.15) is 20.1 Å². The van der Waals surface area contributed by atoms with Gasteiger partial charge in [-0.15, -0.1) is 22.7 Å². The Bertz CT molecular complexity index is 1170. The molecule has 0 bridgehead atoms. The van der Waals surface area contributed by atoms with Crippen molar-refractivity contribution in [2.24, 2.45) is 0 Å². The van der Waals surface area contributed by atoms with Crippen LogP contribution in [0.3, 0.4) is 0 Å². The van der Waals surface area contributed by atoms with E-state index in [0.29, 0.717) is 15.8 Å². The minimum Gasteiger partial charge on any atom is -0.292 e. The van der Waals surface area contributed by atoms with Crippen LogP contribution in [0.25, 0.3) is 20.7 Å². The summed E-state index contributed by atoms with van der Waals surface area (Å²) in [4.78, 5) is 33.6. The second-order valence-corrected chi connectivity index (χ2v) is 8.61. The first-order valence-electron chi connectivity index (χ1n) is 8.17. The number of ketones is 1. The molecule has 6 heteroatoms. The van der Waals surface area contributed by atoms with Gasteiger partial charge < -0.3 is 0 Å². The smallest absolute Gasteiger partial charge is 0.262 e. The van der Waals surface area contributed by atoms with Gasteiger partial charge in [0.15, 0.2) is 5.78 Å². The summed E-state index contributed by atoms with van der Waals surface area (Å²) in [7, 11) is 0. The van der Waals surface area contributed by atoms with Crippen LogP contribution in [0.4, 0.5) is 0 Å². The number of hydrogen-bond donors (Lipinski definition) is 0. The molecule has 1 aromatic carbocycles. The van der Waals surface area contributed by atoms with Gasteiger partial charge in [0.2, 0.25) is 0 Å². The first-order valence-corrected chi connectivity index (χ1v) is 9.81. The van der Waals surface area contributed by atoms with E-state index in [4.69, 9.17) is 0 Å². The molecule has 0 N–H and O–H groups in total. The summed E-state index contributed by atoms with van der Waals surface area (Å²) in [5.41, 5.74) is 1.57. The van der Waals surface area contributed by atoms with E-state index in [1.54, 1.807) is 11.3 Å². The van der Waals surface area contributed by atoms with E-state index in [0.717, 1.165) is 20.2 Å². The first kappa shape index (κ1) is 16.9. The largest absolute Gasteiger partial charge is 0.292 e. The molecular formula is C20H16N2O2S2. The van der Waals surface area contributed by atoms with Crippen molar-refractivity contribution in [2.75, 3.05) is 0 Å². The molecule has 0 amide bonds. The Balaban J connectivity index is 1.71. The summed E-state index contributed by atoms with van der Waals surface area (Å²) in [6.07, 6.45) is 1.47. The number of aromatic nitrogens is 2. The van der Waals surface area contributed by atoms with Crippen molar-refractivity contribution in [1.82, 2.24) is 9.55 Å². The topological polar surface area (TPSA) is 52.0 Å². The van der Waals surface area contributed by atoms with Gasteiger partial charge in [-0.25, -0.2) is 4.98 Å². The number of fused-ring (bicyclic) bond motifs is 1. The first-order chi connectivity index (χ1) is 12.5. The molecule has 0 spiro atoms. The Labute approximate surface area is 158 Å². The lowest BCUT2D eigenvalue weighted by atomic mass is 10.1. The van der Waals surface area contributed by atoms with Crippen LogP contribution < -0.4 is 5.56 Å². The van der Waals surface area contributed by atoms with Crippen LogP contribution in [0.2, 0.25) is 0 Å². The maximum Gasteiger partial charge on any atom is 0.262 e. The SMILES string of the molecule is Cc1cc(C(=O)Cn2cnc3sc(-c4ccccc4)cc3c2=O)c(C)s1. The summed E-state index contributed by atoms with van der Waals surface area (Å²) in [5.74, 6) is -0.0615. The zero-order valence-corrected chi connectivity index (χ0v) is 16.0. The predicted octanol–water partition coefficient (Wildman–Crippen LogP) is 4.69. The molecule has 4 aromatic rings. The van der Waals surface area contributed by atoms with E-state index in [-0.39, 0.29) is 17.9 Å². The third-order valence-electron chi connectivity index (χ3n) is 4.23. The van der Waals surface area contributed by atoms with Gasteiger partial charge in [0, 0.05) is 20.2 Å². The molecule has 130 valence electrons. The third-order valence-corrected chi connectivity index (χ3v) is 6.29. The lowest BCUT2D eigenvalue weighted by Gasteiger charge is -2.04. The summed E-state index contributed by atoms with van der Waals surface area (Å²) in [6, 6.07) is 13.7. The Kier molecular flexibility index (Phi) is 4.30. The fourth-order valence-electron chi connectivity index (χ4n) is 2.96. The van der Waals surface area contributed by atoms with Crippen LogP contribution in [-0.2, 0) is 6.54 Å². The van der Waals surface area contributed by atoms with Crippen LogP contribution in [0.15, 0.2) is 53.6 Å². The molecule has 3 heterocycles. The molecule has 3 aromatic heterocycles.